The Morgan fingerprint density at radius 3 is 2.07 bits per heavy atom. The van der Waals surface area contributed by atoms with Crippen molar-refractivity contribution in [1.82, 2.24) is 0 Å². The maximum absolute atomic E-state index is 10.3. The molecule has 0 bridgehead atoms. The Labute approximate surface area is 93.0 Å². The highest BCUT2D eigenvalue weighted by atomic mass is 16.3. The van der Waals surface area contributed by atoms with E-state index in [1.165, 1.54) is 5.57 Å². The highest BCUT2D eigenvalue weighted by molar-refractivity contribution is 5.27. The predicted octanol–water partition coefficient (Wildman–Crippen LogP) is 2.50. The smallest absolute Gasteiger partial charge is 0.0839 e. The Balaban J connectivity index is 2.98. The van der Waals surface area contributed by atoms with Gasteiger partial charge in [-0.05, 0) is 39.5 Å². The lowest BCUT2D eigenvalue weighted by molar-refractivity contribution is -0.0384. The number of hydrogen-bond acceptors (Lipinski definition) is 2. The molecule has 2 nitrogen and oxygen atoms in total. The third-order valence-corrected chi connectivity index (χ3v) is 3.81. The maximum Gasteiger partial charge on any atom is 0.0839 e. The molecular weight excluding hydrogens is 188 g/mol. The quantitative estimate of drug-likeness (QED) is 0.690. The van der Waals surface area contributed by atoms with Crippen molar-refractivity contribution in [3.05, 3.63) is 11.6 Å². The molecule has 2 unspecified atom stereocenters. The molecule has 1 aliphatic carbocycles. The van der Waals surface area contributed by atoms with E-state index in [9.17, 15) is 10.2 Å². The first-order chi connectivity index (χ1) is 6.47. The Hall–Kier alpha value is -0.340. The summed E-state index contributed by atoms with van der Waals surface area (Å²) in [5.41, 5.74) is -0.358. The first-order valence-corrected chi connectivity index (χ1v) is 5.61. The van der Waals surface area contributed by atoms with E-state index < -0.39 is 11.2 Å². The van der Waals surface area contributed by atoms with Gasteiger partial charge < -0.3 is 10.2 Å². The molecule has 0 radical (unpaired) electrons. The number of allylic oxidation sites excluding steroid dienone is 1. The second-order valence-corrected chi connectivity index (χ2v) is 6.34. The molecule has 0 fully saturated rings. The van der Waals surface area contributed by atoms with Crippen LogP contribution < -0.4 is 0 Å². The van der Waals surface area contributed by atoms with Crippen LogP contribution in [-0.2, 0) is 0 Å². The van der Waals surface area contributed by atoms with Gasteiger partial charge in [0.05, 0.1) is 11.2 Å². The molecule has 0 saturated heterocycles. The Bertz CT molecular complexity index is 279. The first kappa shape index (κ1) is 12.7. The van der Waals surface area contributed by atoms with Crippen molar-refractivity contribution in [2.75, 3.05) is 0 Å². The van der Waals surface area contributed by atoms with E-state index in [1.807, 2.05) is 13.0 Å². The summed E-state index contributed by atoms with van der Waals surface area (Å²) in [6, 6.07) is 0. The van der Waals surface area contributed by atoms with Crippen LogP contribution in [0.5, 0.6) is 0 Å². The van der Waals surface area contributed by atoms with Crippen LogP contribution in [-0.4, -0.2) is 21.4 Å². The summed E-state index contributed by atoms with van der Waals surface area (Å²) in [5, 5.41) is 20.2. The summed E-state index contributed by atoms with van der Waals surface area (Å²) in [5.74, 6) is 0.0741. The lowest BCUT2D eigenvalue weighted by Crippen LogP contribution is -2.41. The fourth-order valence-electron chi connectivity index (χ4n) is 2.69. The van der Waals surface area contributed by atoms with Crippen LogP contribution in [0.3, 0.4) is 0 Å². The van der Waals surface area contributed by atoms with Crippen LogP contribution in [0.15, 0.2) is 11.6 Å². The first-order valence-electron chi connectivity index (χ1n) is 5.61. The molecule has 2 heteroatoms. The maximum atomic E-state index is 10.3. The van der Waals surface area contributed by atoms with E-state index in [2.05, 4.69) is 20.8 Å². The van der Waals surface area contributed by atoms with Gasteiger partial charge in [-0.1, -0.05) is 25.5 Å². The van der Waals surface area contributed by atoms with E-state index in [-0.39, 0.29) is 11.3 Å². The standard InChI is InChI=1S/C13H24O2/c1-9-7-13(6,15)10(12(9,4)5)8-11(2,3)14/h7,10,14-15H,8H2,1-6H3. The van der Waals surface area contributed by atoms with Crippen LogP contribution in [0.25, 0.3) is 0 Å². The summed E-state index contributed by atoms with van der Waals surface area (Å²) in [6.45, 7) is 11.8. The molecule has 0 aromatic heterocycles. The number of aliphatic hydroxyl groups is 2. The van der Waals surface area contributed by atoms with Gasteiger partial charge in [0.15, 0.2) is 0 Å². The van der Waals surface area contributed by atoms with Crippen molar-refractivity contribution in [2.24, 2.45) is 11.3 Å². The molecule has 0 aromatic rings. The minimum Gasteiger partial charge on any atom is -0.390 e. The number of rotatable bonds is 2. The molecule has 1 rings (SSSR count). The van der Waals surface area contributed by atoms with E-state index in [0.717, 1.165) is 0 Å². The van der Waals surface area contributed by atoms with Crippen molar-refractivity contribution in [1.29, 1.82) is 0 Å². The SMILES string of the molecule is CC1=CC(C)(O)C(CC(C)(C)O)C1(C)C. The second-order valence-electron chi connectivity index (χ2n) is 6.34. The number of hydrogen-bond donors (Lipinski definition) is 2. The molecule has 1 aliphatic rings. The van der Waals surface area contributed by atoms with Crippen molar-refractivity contribution >= 4 is 0 Å². The lowest BCUT2D eigenvalue weighted by atomic mass is 9.69. The average Bonchev–Trinajstić information content (AvgIpc) is 2.08. The third-order valence-electron chi connectivity index (χ3n) is 3.81. The van der Waals surface area contributed by atoms with Gasteiger partial charge in [-0.15, -0.1) is 0 Å². The average molecular weight is 212 g/mol. The van der Waals surface area contributed by atoms with Crippen molar-refractivity contribution in [3.8, 4) is 0 Å². The van der Waals surface area contributed by atoms with E-state index in [0.29, 0.717) is 6.42 Å². The van der Waals surface area contributed by atoms with Crippen molar-refractivity contribution in [2.45, 2.75) is 59.2 Å². The molecule has 88 valence electrons. The zero-order chi connectivity index (χ0) is 12.1. The summed E-state index contributed by atoms with van der Waals surface area (Å²) in [6.07, 6.45) is 2.55. The molecule has 0 spiro atoms. The summed E-state index contributed by atoms with van der Waals surface area (Å²) in [4.78, 5) is 0. The van der Waals surface area contributed by atoms with E-state index in [1.54, 1.807) is 13.8 Å². The van der Waals surface area contributed by atoms with Crippen LogP contribution in [0, 0.1) is 11.3 Å². The molecule has 2 N–H and O–H groups in total. The van der Waals surface area contributed by atoms with Gasteiger partial charge in [-0.3, -0.25) is 0 Å². The van der Waals surface area contributed by atoms with Gasteiger partial charge in [0.1, 0.15) is 0 Å². The van der Waals surface area contributed by atoms with Crippen LogP contribution in [0.4, 0.5) is 0 Å². The topological polar surface area (TPSA) is 40.5 Å². The largest absolute Gasteiger partial charge is 0.390 e. The zero-order valence-corrected chi connectivity index (χ0v) is 10.8. The van der Waals surface area contributed by atoms with Crippen LogP contribution in [0.1, 0.15) is 48.0 Å². The highest BCUT2D eigenvalue weighted by Crippen LogP contribution is 2.51. The molecule has 0 aliphatic heterocycles. The van der Waals surface area contributed by atoms with Crippen LogP contribution >= 0.6 is 0 Å². The predicted molar refractivity (Wildman–Crippen MR) is 62.6 cm³/mol. The normalized spacial score (nSPS) is 35.5. The molecule has 0 amide bonds. The Kier molecular flexibility index (Phi) is 2.82. The van der Waals surface area contributed by atoms with Crippen LogP contribution in [0.2, 0.25) is 0 Å². The Morgan fingerprint density at radius 1 is 1.33 bits per heavy atom. The lowest BCUT2D eigenvalue weighted by Gasteiger charge is -2.39. The molecule has 2 atom stereocenters. The Morgan fingerprint density at radius 2 is 1.80 bits per heavy atom. The zero-order valence-electron chi connectivity index (χ0n) is 10.8. The minimum absolute atomic E-state index is 0.0382. The monoisotopic (exact) mass is 212 g/mol. The van der Waals surface area contributed by atoms with Gasteiger partial charge in [-0.25, -0.2) is 0 Å². The molecule has 0 saturated carbocycles. The molecule has 15 heavy (non-hydrogen) atoms. The summed E-state index contributed by atoms with van der Waals surface area (Å²) < 4.78 is 0. The van der Waals surface area contributed by atoms with Crippen molar-refractivity contribution in [3.63, 3.8) is 0 Å². The third kappa shape index (κ3) is 2.43. The van der Waals surface area contributed by atoms with Gasteiger partial charge in [0.25, 0.3) is 0 Å². The van der Waals surface area contributed by atoms with Gasteiger partial charge in [0, 0.05) is 5.92 Å². The van der Waals surface area contributed by atoms with Gasteiger partial charge in [0.2, 0.25) is 0 Å². The minimum atomic E-state index is -0.798. The summed E-state index contributed by atoms with van der Waals surface area (Å²) in [7, 11) is 0. The fraction of sp³-hybridized carbons (Fsp3) is 0.846. The summed E-state index contributed by atoms with van der Waals surface area (Å²) >= 11 is 0. The molecular formula is C13H24O2. The highest BCUT2D eigenvalue weighted by Gasteiger charge is 2.49. The van der Waals surface area contributed by atoms with Gasteiger partial charge in [-0.2, -0.15) is 0 Å². The fourth-order valence-corrected chi connectivity index (χ4v) is 2.69. The second kappa shape index (κ2) is 3.33. The van der Waals surface area contributed by atoms with Gasteiger partial charge >= 0.3 is 0 Å². The molecule has 0 aromatic carbocycles. The van der Waals surface area contributed by atoms with E-state index in [4.69, 9.17) is 0 Å². The molecule has 0 heterocycles. The van der Waals surface area contributed by atoms with E-state index >= 15 is 0 Å². The van der Waals surface area contributed by atoms with Crippen molar-refractivity contribution < 1.29 is 10.2 Å².